The number of rotatable bonds is 10. The molecule has 0 amide bonds. The summed E-state index contributed by atoms with van der Waals surface area (Å²) in [4.78, 5) is 0. The maximum Gasteiger partial charge on any atom is 0.0673 e. The minimum Gasteiger partial charge on any atom is -0.377 e. The van der Waals surface area contributed by atoms with E-state index in [0.29, 0.717) is 6.10 Å². The van der Waals surface area contributed by atoms with Gasteiger partial charge in [-0.3, -0.25) is 0 Å². The van der Waals surface area contributed by atoms with E-state index in [-0.39, 0.29) is 0 Å². The molecule has 1 aliphatic rings. The molecule has 1 unspecified atom stereocenters. The lowest BCUT2D eigenvalue weighted by Gasteiger charge is -2.09. The molecule has 1 saturated heterocycles. The zero-order chi connectivity index (χ0) is 11.5. The molecule has 0 spiro atoms. The lowest BCUT2D eigenvalue weighted by Crippen LogP contribution is -2.11. The Morgan fingerprint density at radius 3 is 2.31 bits per heavy atom. The molecule has 2 heteroatoms. The molecular weight excluding hydrogens is 216 g/mol. The van der Waals surface area contributed by atoms with Gasteiger partial charge in [-0.1, -0.05) is 51.9 Å². The minimum atomic E-state index is 0.578. The molecule has 0 aliphatic carbocycles. The summed E-state index contributed by atoms with van der Waals surface area (Å²) < 4.78 is 5.83. The van der Waals surface area contributed by atoms with Gasteiger partial charge in [0, 0.05) is 12.4 Å². The first-order valence-corrected chi connectivity index (χ1v) is 8.28. The monoisotopic (exact) mass is 244 g/mol. The van der Waals surface area contributed by atoms with Crippen molar-refractivity contribution in [1.29, 1.82) is 0 Å². The highest BCUT2D eigenvalue weighted by Crippen LogP contribution is 2.20. The topological polar surface area (TPSA) is 9.23 Å². The Balaban J connectivity index is 1.71. The van der Waals surface area contributed by atoms with Gasteiger partial charge in [0.05, 0.1) is 6.10 Å². The van der Waals surface area contributed by atoms with Gasteiger partial charge in [0.1, 0.15) is 0 Å². The zero-order valence-corrected chi connectivity index (χ0v) is 11.7. The van der Waals surface area contributed by atoms with Crippen LogP contribution in [-0.4, -0.2) is 24.2 Å². The normalized spacial score (nSPS) is 20.4. The number of hydrogen-bond acceptors (Lipinski definition) is 2. The fraction of sp³-hybridized carbons (Fsp3) is 1.00. The summed E-state index contributed by atoms with van der Waals surface area (Å²) in [6.07, 6.45) is 13.0. The van der Waals surface area contributed by atoms with E-state index >= 15 is 0 Å². The van der Waals surface area contributed by atoms with Crippen LogP contribution in [0, 0.1) is 0 Å². The number of ether oxygens (including phenoxy) is 1. The van der Waals surface area contributed by atoms with E-state index < -0.39 is 0 Å². The van der Waals surface area contributed by atoms with Crippen molar-refractivity contribution >= 4 is 11.8 Å². The zero-order valence-electron chi connectivity index (χ0n) is 10.9. The molecule has 1 atom stereocenters. The second-order valence-electron chi connectivity index (χ2n) is 4.83. The highest BCUT2D eigenvalue weighted by Gasteiger charge is 2.14. The molecule has 0 radical (unpaired) electrons. The van der Waals surface area contributed by atoms with Crippen molar-refractivity contribution in [3.05, 3.63) is 0 Å². The second kappa shape index (κ2) is 10.5. The van der Waals surface area contributed by atoms with E-state index in [1.54, 1.807) is 0 Å². The molecular formula is C14H28OS. The van der Waals surface area contributed by atoms with Crippen molar-refractivity contribution < 1.29 is 4.74 Å². The van der Waals surface area contributed by atoms with Gasteiger partial charge in [-0.15, -0.1) is 0 Å². The largest absolute Gasteiger partial charge is 0.377 e. The predicted octanol–water partition coefficient (Wildman–Crippen LogP) is 4.65. The Kier molecular flexibility index (Phi) is 9.40. The van der Waals surface area contributed by atoms with Crippen LogP contribution in [0.1, 0.15) is 64.7 Å². The fourth-order valence-corrected chi connectivity index (χ4v) is 3.25. The molecule has 0 saturated carbocycles. The lowest BCUT2D eigenvalue weighted by molar-refractivity contribution is 0.0683. The fourth-order valence-electron chi connectivity index (χ4n) is 2.13. The summed E-state index contributed by atoms with van der Waals surface area (Å²) in [5, 5.41) is 0. The molecule has 1 heterocycles. The molecule has 1 nitrogen and oxygen atoms in total. The molecule has 16 heavy (non-hydrogen) atoms. The number of unbranched alkanes of at least 4 members (excludes halogenated alkanes) is 7. The van der Waals surface area contributed by atoms with E-state index in [1.807, 2.05) is 11.8 Å². The average molecular weight is 244 g/mol. The van der Waals surface area contributed by atoms with E-state index in [9.17, 15) is 0 Å². The van der Waals surface area contributed by atoms with Crippen LogP contribution >= 0.6 is 11.8 Å². The van der Waals surface area contributed by atoms with Crippen LogP contribution in [0.3, 0.4) is 0 Å². The maximum absolute atomic E-state index is 5.83. The molecule has 1 aliphatic heterocycles. The standard InChI is InChI=1S/C14H28OS/c1-2-3-4-5-6-7-8-9-11-15-14-10-12-16-13-14/h14H,2-13H2,1H3. The van der Waals surface area contributed by atoms with Gasteiger partial charge in [0.25, 0.3) is 0 Å². The molecule has 0 N–H and O–H groups in total. The summed E-state index contributed by atoms with van der Waals surface area (Å²) in [6.45, 7) is 3.28. The summed E-state index contributed by atoms with van der Waals surface area (Å²) in [5.41, 5.74) is 0. The van der Waals surface area contributed by atoms with Crippen molar-refractivity contribution in [3.63, 3.8) is 0 Å². The van der Waals surface area contributed by atoms with Gasteiger partial charge in [-0.25, -0.2) is 0 Å². The number of hydrogen-bond donors (Lipinski definition) is 0. The number of thioether (sulfide) groups is 1. The third-order valence-electron chi connectivity index (χ3n) is 3.24. The van der Waals surface area contributed by atoms with Crippen molar-refractivity contribution in [2.24, 2.45) is 0 Å². The first-order valence-electron chi connectivity index (χ1n) is 7.13. The first-order chi connectivity index (χ1) is 7.93. The first kappa shape index (κ1) is 14.4. The molecule has 0 aromatic heterocycles. The van der Waals surface area contributed by atoms with Gasteiger partial charge in [-0.05, 0) is 18.6 Å². The Bertz CT molecular complexity index is 144. The summed E-state index contributed by atoms with van der Waals surface area (Å²) in [5.74, 6) is 2.54. The van der Waals surface area contributed by atoms with Crippen molar-refractivity contribution in [3.8, 4) is 0 Å². The summed E-state index contributed by atoms with van der Waals surface area (Å²) in [6, 6.07) is 0. The summed E-state index contributed by atoms with van der Waals surface area (Å²) >= 11 is 2.04. The highest BCUT2D eigenvalue weighted by molar-refractivity contribution is 7.99. The van der Waals surface area contributed by atoms with Crippen LogP contribution in [0.2, 0.25) is 0 Å². The predicted molar refractivity (Wildman–Crippen MR) is 74.3 cm³/mol. The summed E-state index contributed by atoms with van der Waals surface area (Å²) in [7, 11) is 0. The van der Waals surface area contributed by atoms with Gasteiger partial charge in [0.2, 0.25) is 0 Å². The highest BCUT2D eigenvalue weighted by atomic mass is 32.2. The van der Waals surface area contributed by atoms with Crippen LogP contribution < -0.4 is 0 Å². The van der Waals surface area contributed by atoms with Gasteiger partial charge in [-0.2, -0.15) is 11.8 Å². The Hall–Kier alpha value is 0.310. The van der Waals surface area contributed by atoms with Crippen LogP contribution in [0.4, 0.5) is 0 Å². The van der Waals surface area contributed by atoms with Crippen LogP contribution in [-0.2, 0) is 4.74 Å². The van der Waals surface area contributed by atoms with Crippen molar-refractivity contribution in [1.82, 2.24) is 0 Å². The average Bonchev–Trinajstić information content (AvgIpc) is 2.80. The van der Waals surface area contributed by atoms with Crippen LogP contribution in [0.5, 0.6) is 0 Å². The van der Waals surface area contributed by atoms with Gasteiger partial charge >= 0.3 is 0 Å². The van der Waals surface area contributed by atoms with Crippen LogP contribution in [0.25, 0.3) is 0 Å². The minimum absolute atomic E-state index is 0.578. The van der Waals surface area contributed by atoms with E-state index in [4.69, 9.17) is 4.74 Å². The maximum atomic E-state index is 5.83. The van der Waals surface area contributed by atoms with Crippen molar-refractivity contribution in [2.75, 3.05) is 18.1 Å². The second-order valence-corrected chi connectivity index (χ2v) is 5.98. The third kappa shape index (κ3) is 7.56. The quantitative estimate of drug-likeness (QED) is 0.517. The third-order valence-corrected chi connectivity index (χ3v) is 4.37. The molecule has 96 valence electrons. The molecule has 0 aromatic carbocycles. The van der Waals surface area contributed by atoms with E-state index in [0.717, 1.165) is 6.61 Å². The van der Waals surface area contributed by atoms with Gasteiger partial charge in [0.15, 0.2) is 0 Å². The molecule has 1 fully saturated rings. The molecule has 0 bridgehead atoms. The van der Waals surface area contributed by atoms with Crippen LogP contribution in [0.15, 0.2) is 0 Å². The smallest absolute Gasteiger partial charge is 0.0673 e. The molecule has 1 rings (SSSR count). The van der Waals surface area contributed by atoms with Gasteiger partial charge < -0.3 is 4.74 Å². The van der Waals surface area contributed by atoms with E-state index in [2.05, 4.69) is 6.92 Å². The Labute approximate surface area is 106 Å². The van der Waals surface area contributed by atoms with E-state index in [1.165, 1.54) is 69.3 Å². The Morgan fingerprint density at radius 2 is 1.69 bits per heavy atom. The lowest BCUT2D eigenvalue weighted by atomic mass is 10.1. The Morgan fingerprint density at radius 1 is 1.00 bits per heavy atom. The SMILES string of the molecule is CCCCCCCCCCOC1CCSC1. The molecule has 0 aromatic rings. The van der Waals surface area contributed by atoms with Crippen molar-refractivity contribution in [2.45, 2.75) is 70.8 Å².